The number of sulfonamides is 1. The molecule has 2 aliphatic rings. The van der Waals surface area contributed by atoms with Crippen molar-refractivity contribution >= 4 is 21.7 Å². The smallest absolute Gasteiger partial charge is 0.305 e. The lowest BCUT2D eigenvalue weighted by atomic mass is 9.84. The third-order valence-corrected chi connectivity index (χ3v) is 6.67. The SMILES string of the molecule is O=C(O)C[C@H]1C[C@H]2c3cc(NS(=O)(=O)c4ccc(F)cc4)ccc3O[C@H]2[C@@H](CO)O1. The second kappa shape index (κ2) is 7.86. The highest BCUT2D eigenvalue weighted by atomic mass is 32.2. The van der Waals surface area contributed by atoms with Crippen LogP contribution in [0.2, 0.25) is 0 Å². The summed E-state index contributed by atoms with van der Waals surface area (Å²) in [4.78, 5) is 11.0. The average molecular weight is 437 g/mol. The highest BCUT2D eigenvalue weighted by Crippen LogP contribution is 2.47. The van der Waals surface area contributed by atoms with Crippen LogP contribution in [0.5, 0.6) is 5.75 Å². The van der Waals surface area contributed by atoms with E-state index in [4.69, 9.17) is 14.6 Å². The van der Waals surface area contributed by atoms with Gasteiger partial charge in [-0.15, -0.1) is 0 Å². The lowest BCUT2D eigenvalue weighted by Crippen LogP contribution is -2.46. The van der Waals surface area contributed by atoms with E-state index in [1.165, 1.54) is 12.1 Å². The predicted octanol–water partition coefficient (Wildman–Crippen LogP) is 2.10. The van der Waals surface area contributed by atoms with Crippen LogP contribution in [-0.4, -0.2) is 49.5 Å². The molecule has 160 valence electrons. The van der Waals surface area contributed by atoms with E-state index in [1.54, 1.807) is 18.2 Å². The highest BCUT2D eigenvalue weighted by Gasteiger charge is 2.46. The maximum absolute atomic E-state index is 13.1. The number of carboxylic acid groups (broad SMARTS) is 1. The fraction of sp³-hybridized carbons (Fsp3) is 0.350. The number of aliphatic hydroxyl groups excluding tert-OH is 1. The molecule has 0 aliphatic carbocycles. The number of halogens is 1. The van der Waals surface area contributed by atoms with Gasteiger partial charge in [-0.25, -0.2) is 12.8 Å². The molecular formula is C20H20FNO7S. The van der Waals surface area contributed by atoms with Gasteiger partial charge in [0.05, 0.1) is 24.0 Å². The van der Waals surface area contributed by atoms with E-state index in [2.05, 4.69) is 4.72 Å². The van der Waals surface area contributed by atoms with Gasteiger partial charge in [0.25, 0.3) is 10.0 Å². The Labute approximate surface area is 172 Å². The van der Waals surface area contributed by atoms with Crippen molar-refractivity contribution in [3.63, 3.8) is 0 Å². The average Bonchev–Trinajstić information content (AvgIpc) is 3.05. The number of fused-ring (bicyclic) bond motifs is 3. The first-order valence-corrected chi connectivity index (χ1v) is 10.8. The second-order valence-corrected chi connectivity index (χ2v) is 9.00. The summed E-state index contributed by atoms with van der Waals surface area (Å²) in [7, 11) is -3.92. The van der Waals surface area contributed by atoms with E-state index in [0.29, 0.717) is 17.9 Å². The Bertz CT molecular complexity index is 1060. The van der Waals surface area contributed by atoms with Gasteiger partial charge in [-0.1, -0.05) is 0 Å². The summed E-state index contributed by atoms with van der Waals surface area (Å²) in [6.07, 6.45) is -1.59. The highest BCUT2D eigenvalue weighted by molar-refractivity contribution is 7.92. The van der Waals surface area contributed by atoms with Crippen molar-refractivity contribution in [2.75, 3.05) is 11.3 Å². The zero-order chi connectivity index (χ0) is 21.5. The van der Waals surface area contributed by atoms with Crippen LogP contribution in [0.25, 0.3) is 0 Å². The van der Waals surface area contributed by atoms with Crippen molar-refractivity contribution < 1.29 is 37.3 Å². The van der Waals surface area contributed by atoms with Crippen molar-refractivity contribution in [2.45, 2.75) is 42.0 Å². The summed E-state index contributed by atoms with van der Waals surface area (Å²) in [6, 6.07) is 9.27. The molecule has 0 unspecified atom stereocenters. The minimum Gasteiger partial charge on any atom is -0.487 e. The lowest BCUT2D eigenvalue weighted by molar-refractivity contribution is -0.153. The largest absolute Gasteiger partial charge is 0.487 e. The van der Waals surface area contributed by atoms with Gasteiger partial charge in [0.1, 0.15) is 23.8 Å². The molecule has 10 heteroatoms. The number of aliphatic carboxylic acids is 1. The van der Waals surface area contributed by atoms with Crippen molar-refractivity contribution in [3.05, 3.63) is 53.8 Å². The number of hydrogen-bond acceptors (Lipinski definition) is 6. The first-order valence-electron chi connectivity index (χ1n) is 9.34. The Kier molecular flexibility index (Phi) is 5.39. The van der Waals surface area contributed by atoms with Crippen molar-refractivity contribution in [3.8, 4) is 5.75 Å². The van der Waals surface area contributed by atoms with Gasteiger partial charge in [0.15, 0.2) is 0 Å². The van der Waals surface area contributed by atoms with Gasteiger partial charge in [-0.05, 0) is 48.9 Å². The monoisotopic (exact) mass is 437 g/mol. The first-order chi connectivity index (χ1) is 14.3. The summed E-state index contributed by atoms with van der Waals surface area (Å²) in [6.45, 7) is -0.324. The summed E-state index contributed by atoms with van der Waals surface area (Å²) in [5, 5.41) is 18.7. The number of carboxylic acids is 1. The van der Waals surface area contributed by atoms with Crippen LogP contribution in [-0.2, 0) is 19.6 Å². The Balaban J connectivity index is 1.60. The van der Waals surface area contributed by atoms with Gasteiger partial charge < -0.3 is 19.7 Å². The molecule has 8 nitrogen and oxygen atoms in total. The zero-order valence-corrected chi connectivity index (χ0v) is 16.5. The predicted molar refractivity (Wildman–Crippen MR) is 103 cm³/mol. The third-order valence-electron chi connectivity index (χ3n) is 5.28. The second-order valence-electron chi connectivity index (χ2n) is 7.31. The van der Waals surface area contributed by atoms with E-state index in [-0.39, 0.29) is 23.8 Å². The van der Waals surface area contributed by atoms with Crippen LogP contribution in [0, 0.1) is 5.82 Å². The van der Waals surface area contributed by atoms with Crippen molar-refractivity contribution in [1.82, 2.24) is 0 Å². The van der Waals surface area contributed by atoms with Crippen molar-refractivity contribution in [1.29, 1.82) is 0 Å². The van der Waals surface area contributed by atoms with E-state index < -0.39 is 40.1 Å². The molecule has 2 aromatic carbocycles. The Morgan fingerprint density at radius 1 is 1.20 bits per heavy atom. The number of nitrogens with one attached hydrogen (secondary N) is 1. The fourth-order valence-corrected chi connectivity index (χ4v) is 5.02. The minimum absolute atomic E-state index is 0.0774. The molecule has 1 saturated heterocycles. The van der Waals surface area contributed by atoms with Gasteiger partial charge in [-0.2, -0.15) is 0 Å². The van der Waals surface area contributed by atoms with Gasteiger partial charge in [-0.3, -0.25) is 9.52 Å². The number of benzene rings is 2. The van der Waals surface area contributed by atoms with E-state index >= 15 is 0 Å². The molecule has 0 bridgehead atoms. The Hall–Kier alpha value is -2.69. The molecule has 0 spiro atoms. The molecule has 2 heterocycles. The molecule has 2 aliphatic heterocycles. The summed E-state index contributed by atoms with van der Waals surface area (Å²) >= 11 is 0. The zero-order valence-electron chi connectivity index (χ0n) is 15.7. The van der Waals surface area contributed by atoms with Crippen LogP contribution >= 0.6 is 0 Å². The molecule has 2 aromatic rings. The molecule has 4 atom stereocenters. The molecule has 0 radical (unpaired) electrons. The van der Waals surface area contributed by atoms with Crippen LogP contribution < -0.4 is 9.46 Å². The maximum Gasteiger partial charge on any atom is 0.305 e. The van der Waals surface area contributed by atoms with E-state index in [0.717, 1.165) is 17.7 Å². The van der Waals surface area contributed by atoms with Gasteiger partial charge in [0, 0.05) is 17.2 Å². The molecule has 0 aromatic heterocycles. The van der Waals surface area contributed by atoms with Gasteiger partial charge >= 0.3 is 5.97 Å². The van der Waals surface area contributed by atoms with Crippen LogP contribution in [0.3, 0.4) is 0 Å². The molecular weight excluding hydrogens is 417 g/mol. The summed E-state index contributed by atoms with van der Waals surface area (Å²) < 4.78 is 52.3. The number of rotatable bonds is 6. The Morgan fingerprint density at radius 2 is 1.93 bits per heavy atom. The number of anilines is 1. The Morgan fingerprint density at radius 3 is 2.60 bits per heavy atom. The topological polar surface area (TPSA) is 122 Å². The number of carbonyl (C=O) groups is 1. The van der Waals surface area contributed by atoms with Crippen LogP contribution in [0.4, 0.5) is 10.1 Å². The van der Waals surface area contributed by atoms with Gasteiger partial charge in [0.2, 0.25) is 0 Å². The first kappa shape index (κ1) is 20.6. The molecule has 4 rings (SSSR count). The summed E-state index contributed by atoms with van der Waals surface area (Å²) in [5.74, 6) is -1.25. The molecule has 0 saturated carbocycles. The van der Waals surface area contributed by atoms with Crippen LogP contribution in [0.1, 0.15) is 24.3 Å². The number of ether oxygens (including phenoxy) is 2. The molecule has 0 amide bonds. The van der Waals surface area contributed by atoms with E-state index in [9.17, 15) is 22.7 Å². The standard InChI is InChI=1S/C20H20FNO7S/c21-11-1-4-14(5-2-11)30(26,27)22-12-3-6-17-15(7-12)16-8-13(9-19(24)25)28-18(10-23)20(16)29-17/h1-7,13,16,18,20,22-23H,8-10H2,(H,24,25)/t13-,16+,18-,20-/m1/s1. The molecule has 30 heavy (non-hydrogen) atoms. The number of aliphatic hydroxyl groups is 1. The number of hydrogen-bond donors (Lipinski definition) is 3. The maximum atomic E-state index is 13.1. The fourth-order valence-electron chi connectivity index (χ4n) is 3.98. The van der Waals surface area contributed by atoms with E-state index in [1.807, 2.05) is 0 Å². The molecule has 3 N–H and O–H groups in total. The van der Waals surface area contributed by atoms with Crippen LogP contribution in [0.15, 0.2) is 47.4 Å². The third kappa shape index (κ3) is 3.98. The van der Waals surface area contributed by atoms with Crippen molar-refractivity contribution in [2.24, 2.45) is 0 Å². The lowest BCUT2D eigenvalue weighted by Gasteiger charge is -2.36. The quantitative estimate of drug-likeness (QED) is 0.633. The summed E-state index contributed by atoms with van der Waals surface area (Å²) in [5.41, 5.74) is 1.01. The molecule has 1 fully saturated rings. The minimum atomic E-state index is -3.92. The normalized spacial score (nSPS) is 25.1.